The summed E-state index contributed by atoms with van der Waals surface area (Å²) in [6, 6.07) is 15.0. The van der Waals surface area contributed by atoms with Crippen LogP contribution >= 0.6 is 0 Å². The topological polar surface area (TPSA) is 117 Å². The van der Waals surface area contributed by atoms with Gasteiger partial charge in [-0.05, 0) is 42.5 Å². The van der Waals surface area contributed by atoms with E-state index in [-0.39, 0.29) is 11.4 Å². The van der Waals surface area contributed by atoms with E-state index in [1.807, 2.05) is 0 Å². The summed E-state index contributed by atoms with van der Waals surface area (Å²) in [5, 5.41) is 10.7. The van der Waals surface area contributed by atoms with E-state index in [4.69, 9.17) is 4.42 Å². The van der Waals surface area contributed by atoms with Gasteiger partial charge in [0.25, 0.3) is 5.69 Å². The van der Waals surface area contributed by atoms with Gasteiger partial charge in [-0.15, -0.1) is 0 Å². The second-order valence-electron chi connectivity index (χ2n) is 5.57. The number of rotatable bonds is 4. The number of fused-ring (bicyclic) bond motifs is 1. The van der Waals surface area contributed by atoms with Crippen molar-refractivity contribution < 1.29 is 9.34 Å². The highest BCUT2D eigenvalue weighted by Gasteiger charge is 2.08. The second kappa shape index (κ2) is 6.17. The van der Waals surface area contributed by atoms with E-state index in [0.717, 1.165) is 5.56 Å². The van der Waals surface area contributed by atoms with Crippen LogP contribution in [0.5, 0.6) is 0 Å². The van der Waals surface area contributed by atoms with Crippen molar-refractivity contribution in [1.29, 1.82) is 0 Å². The third kappa shape index (κ3) is 3.03. The Labute approximate surface area is 146 Å². The van der Waals surface area contributed by atoms with Gasteiger partial charge in [0, 0.05) is 17.7 Å². The number of imidazole rings is 1. The summed E-state index contributed by atoms with van der Waals surface area (Å²) in [5.41, 5.74) is 2.56. The molecule has 4 aromatic rings. The average Bonchev–Trinajstić information content (AvgIpc) is 3.25. The Bertz CT molecular complexity index is 1180. The Kier molecular flexibility index (Phi) is 3.70. The lowest BCUT2D eigenvalue weighted by atomic mass is 10.1. The molecule has 2 heterocycles. The molecule has 2 aromatic carbocycles. The third-order valence-corrected chi connectivity index (χ3v) is 3.83. The van der Waals surface area contributed by atoms with Crippen LogP contribution in [0.3, 0.4) is 0 Å². The van der Waals surface area contributed by atoms with Gasteiger partial charge in [0.15, 0.2) is 0 Å². The predicted octanol–water partition coefficient (Wildman–Crippen LogP) is 3.78. The number of aromatic amines is 2. The molecule has 0 spiro atoms. The van der Waals surface area contributed by atoms with Gasteiger partial charge >= 0.3 is 5.69 Å². The van der Waals surface area contributed by atoms with Crippen LogP contribution in [-0.4, -0.2) is 21.1 Å². The molecule has 0 unspecified atom stereocenters. The summed E-state index contributed by atoms with van der Waals surface area (Å²) >= 11 is 0. The first-order valence-corrected chi connectivity index (χ1v) is 7.69. The number of non-ortho nitro benzene ring substituents is 1. The molecule has 26 heavy (non-hydrogen) atoms. The van der Waals surface area contributed by atoms with E-state index in [2.05, 4.69) is 15.0 Å². The highest BCUT2D eigenvalue weighted by atomic mass is 16.6. The molecule has 0 aliphatic rings. The highest BCUT2D eigenvalue weighted by molar-refractivity contribution is 5.83. The minimum atomic E-state index is -0.446. The Morgan fingerprint density at radius 3 is 2.54 bits per heavy atom. The van der Waals surface area contributed by atoms with Crippen molar-refractivity contribution in [3.63, 3.8) is 0 Å². The van der Waals surface area contributed by atoms with Crippen molar-refractivity contribution in [2.24, 2.45) is 4.99 Å². The lowest BCUT2D eigenvalue weighted by Gasteiger charge is -1.96. The number of furan rings is 1. The maximum absolute atomic E-state index is 11.3. The Hall–Kier alpha value is -3.94. The molecule has 2 aromatic heterocycles. The summed E-state index contributed by atoms with van der Waals surface area (Å²) in [6.07, 6.45) is 1.57. The molecule has 8 nitrogen and oxygen atoms in total. The Morgan fingerprint density at radius 2 is 1.77 bits per heavy atom. The Balaban J connectivity index is 1.56. The van der Waals surface area contributed by atoms with Crippen LogP contribution in [-0.2, 0) is 0 Å². The molecular formula is C18H12N4O4. The average molecular weight is 348 g/mol. The SMILES string of the molecule is O=c1[nH]c2ccc(N=Cc3ccc(-c4ccc([N+](=O)[O-])cc4)o3)cc2[nH]1. The van der Waals surface area contributed by atoms with Gasteiger partial charge < -0.3 is 14.4 Å². The number of H-pyrrole nitrogens is 2. The van der Waals surface area contributed by atoms with Crippen LogP contribution < -0.4 is 5.69 Å². The maximum atomic E-state index is 11.3. The zero-order valence-electron chi connectivity index (χ0n) is 13.3. The number of nitrogens with zero attached hydrogens (tertiary/aromatic N) is 2. The van der Waals surface area contributed by atoms with E-state index in [0.29, 0.717) is 28.2 Å². The number of aromatic nitrogens is 2. The highest BCUT2D eigenvalue weighted by Crippen LogP contribution is 2.24. The van der Waals surface area contributed by atoms with Crippen molar-refractivity contribution in [3.8, 4) is 11.3 Å². The number of aliphatic imine (C=N–C) groups is 1. The summed E-state index contributed by atoms with van der Waals surface area (Å²) in [6.45, 7) is 0. The molecule has 0 saturated heterocycles. The summed E-state index contributed by atoms with van der Waals surface area (Å²) in [7, 11) is 0. The molecule has 0 bridgehead atoms. The van der Waals surface area contributed by atoms with E-state index < -0.39 is 4.92 Å². The van der Waals surface area contributed by atoms with Gasteiger partial charge in [0.2, 0.25) is 0 Å². The fourth-order valence-electron chi connectivity index (χ4n) is 2.56. The molecule has 2 N–H and O–H groups in total. The molecule has 0 saturated carbocycles. The van der Waals surface area contributed by atoms with Gasteiger partial charge in [0.05, 0.1) is 27.9 Å². The first kappa shape index (κ1) is 15.6. The fourth-order valence-corrected chi connectivity index (χ4v) is 2.56. The smallest absolute Gasteiger partial charge is 0.323 e. The molecule has 0 aliphatic heterocycles. The normalized spacial score (nSPS) is 11.4. The van der Waals surface area contributed by atoms with Gasteiger partial charge in [-0.1, -0.05) is 0 Å². The molecule has 0 amide bonds. The number of hydrogen-bond donors (Lipinski definition) is 2. The van der Waals surface area contributed by atoms with Crippen LogP contribution in [0.2, 0.25) is 0 Å². The fraction of sp³-hybridized carbons (Fsp3) is 0. The number of hydrogen-bond acceptors (Lipinski definition) is 5. The quantitative estimate of drug-likeness (QED) is 0.331. The lowest BCUT2D eigenvalue weighted by Crippen LogP contribution is -1.99. The summed E-state index contributed by atoms with van der Waals surface area (Å²) in [4.78, 5) is 31.2. The zero-order valence-corrected chi connectivity index (χ0v) is 13.3. The molecule has 0 radical (unpaired) electrons. The van der Waals surface area contributed by atoms with E-state index >= 15 is 0 Å². The van der Waals surface area contributed by atoms with E-state index in [1.165, 1.54) is 12.1 Å². The molecular weight excluding hydrogens is 336 g/mol. The number of nitro groups is 1. The molecule has 0 atom stereocenters. The van der Waals surface area contributed by atoms with E-state index in [1.54, 1.807) is 48.7 Å². The molecule has 128 valence electrons. The number of benzene rings is 2. The molecule has 8 heteroatoms. The second-order valence-corrected chi connectivity index (χ2v) is 5.57. The maximum Gasteiger partial charge on any atom is 0.323 e. The largest absolute Gasteiger partial charge is 0.455 e. The molecule has 0 fully saturated rings. The molecule has 4 rings (SSSR count). The van der Waals surface area contributed by atoms with Crippen molar-refractivity contribution in [2.45, 2.75) is 0 Å². The zero-order chi connectivity index (χ0) is 18.1. The van der Waals surface area contributed by atoms with Crippen molar-refractivity contribution in [1.82, 2.24) is 9.97 Å². The Morgan fingerprint density at radius 1 is 1.00 bits per heavy atom. The minimum Gasteiger partial charge on any atom is -0.455 e. The van der Waals surface area contributed by atoms with Gasteiger partial charge in [-0.25, -0.2) is 4.79 Å². The lowest BCUT2D eigenvalue weighted by molar-refractivity contribution is -0.384. The predicted molar refractivity (Wildman–Crippen MR) is 97.0 cm³/mol. The van der Waals surface area contributed by atoms with Crippen LogP contribution in [0.25, 0.3) is 22.4 Å². The van der Waals surface area contributed by atoms with Crippen molar-refractivity contribution in [2.75, 3.05) is 0 Å². The summed E-state index contributed by atoms with van der Waals surface area (Å²) in [5.74, 6) is 1.13. The number of nitrogens with one attached hydrogen (secondary N) is 2. The van der Waals surface area contributed by atoms with E-state index in [9.17, 15) is 14.9 Å². The van der Waals surface area contributed by atoms with Crippen LogP contribution in [0.1, 0.15) is 5.76 Å². The molecule has 0 aliphatic carbocycles. The standard InChI is InChI=1S/C18H12N4O4/c23-18-20-15-7-3-12(9-16(15)21-18)19-10-14-6-8-17(26-14)11-1-4-13(5-2-11)22(24)25/h1-10H,(H2,20,21,23). The van der Waals surface area contributed by atoms with Gasteiger partial charge in [-0.3, -0.25) is 15.1 Å². The van der Waals surface area contributed by atoms with Crippen LogP contribution in [0.15, 0.2) is 68.8 Å². The summed E-state index contributed by atoms with van der Waals surface area (Å²) < 4.78 is 5.70. The van der Waals surface area contributed by atoms with Gasteiger partial charge in [0.1, 0.15) is 11.5 Å². The first-order valence-electron chi connectivity index (χ1n) is 7.69. The third-order valence-electron chi connectivity index (χ3n) is 3.83. The van der Waals surface area contributed by atoms with Gasteiger partial charge in [-0.2, -0.15) is 0 Å². The van der Waals surface area contributed by atoms with Crippen LogP contribution in [0, 0.1) is 10.1 Å². The first-order chi connectivity index (χ1) is 12.6. The minimum absolute atomic E-state index is 0.0280. The number of nitro benzene ring substituents is 1. The monoisotopic (exact) mass is 348 g/mol. The van der Waals surface area contributed by atoms with Crippen LogP contribution in [0.4, 0.5) is 11.4 Å². The van der Waals surface area contributed by atoms with Crippen molar-refractivity contribution >= 4 is 28.6 Å². The van der Waals surface area contributed by atoms with Crippen molar-refractivity contribution in [3.05, 3.63) is 81.0 Å².